The Hall–Kier alpha value is -1.87. The predicted octanol–water partition coefficient (Wildman–Crippen LogP) is 3.69. The summed E-state index contributed by atoms with van der Waals surface area (Å²) < 4.78 is 5.69. The molecule has 0 aliphatic rings. The molecule has 1 heterocycles. The van der Waals surface area contributed by atoms with Gasteiger partial charge in [-0.15, -0.1) is 6.58 Å². The van der Waals surface area contributed by atoms with Gasteiger partial charge in [-0.1, -0.05) is 31.2 Å². The quantitative estimate of drug-likeness (QED) is 0.587. The van der Waals surface area contributed by atoms with Gasteiger partial charge in [-0.2, -0.15) is 0 Å². The molecule has 2 aromatic rings. The van der Waals surface area contributed by atoms with Gasteiger partial charge < -0.3 is 10.1 Å². The molecule has 3 nitrogen and oxygen atoms in total. The summed E-state index contributed by atoms with van der Waals surface area (Å²) in [5, 5.41) is 4.63. The highest BCUT2D eigenvalue weighted by Gasteiger charge is 2.06. The van der Waals surface area contributed by atoms with Crippen LogP contribution in [0.4, 0.5) is 0 Å². The first-order chi connectivity index (χ1) is 9.85. The van der Waals surface area contributed by atoms with Crippen molar-refractivity contribution in [3.8, 4) is 5.88 Å². The molecule has 1 aromatic carbocycles. The maximum Gasteiger partial charge on any atom is 0.214 e. The third kappa shape index (κ3) is 3.81. The number of hydrogen-bond donors (Lipinski definition) is 1. The van der Waals surface area contributed by atoms with Crippen LogP contribution in [0.5, 0.6) is 5.88 Å². The van der Waals surface area contributed by atoms with Gasteiger partial charge in [-0.3, -0.25) is 0 Å². The zero-order chi connectivity index (χ0) is 14.2. The van der Waals surface area contributed by atoms with Gasteiger partial charge in [-0.05, 0) is 31.0 Å². The average Bonchev–Trinajstić information content (AvgIpc) is 2.48. The molecule has 3 heteroatoms. The van der Waals surface area contributed by atoms with Crippen molar-refractivity contribution in [1.82, 2.24) is 10.3 Å². The number of ether oxygens (including phenoxy) is 1. The highest BCUT2D eigenvalue weighted by atomic mass is 16.5. The number of fused-ring (bicyclic) bond motifs is 1. The van der Waals surface area contributed by atoms with Crippen LogP contribution in [0.1, 0.15) is 25.3 Å². The first-order valence-electron chi connectivity index (χ1n) is 7.18. The molecule has 0 amide bonds. The van der Waals surface area contributed by atoms with Gasteiger partial charge in [0.1, 0.15) is 0 Å². The van der Waals surface area contributed by atoms with Crippen LogP contribution in [0.25, 0.3) is 10.9 Å². The minimum atomic E-state index is 0.622. The molecule has 106 valence electrons. The van der Waals surface area contributed by atoms with Gasteiger partial charge in [0.25, 0.3) is 0 Å². The third-order valence-electron chi connectivity index (χ3n) is 3.09. The molecule has 20 heavy (non-hydrogen) atoms. The molecular formula is C17H22N2O. The molecule has 0 aliphatic carbocycles. The van der Waals surface area contributed by atoms with E-state index in [1.807, 2.05) is 30.3 Å². The monoisotopic (exact) mass is 270 g/mol. The number of nitrogens with one attached hydrogen (secondary N) is 1. The molecule has 2 rings (SSSR count). The molecule has 0 unspecified atom stereocenters. The first-order valence-corrected chi connectivity index (χ1v) is 7.18. The Bertz CT molecular complexity index is 566. The molecule has 0 saturated heterocycles. The van der Waals surface area contributed by atoms with Crippen LogP contribution < -0.4 is 10.1 Å². The summed E-state index contributed by atoms with van der Waals surface area (Å²) in [4.78, 5) is 4.55. The molecular weight excluding hydrogens is 248 g/mol. The van der Waals surface area contributed by atoms with Crippen molar-refractivity contribution >= 4 is 10.9 Å². The minimum absolute atomic E-state index is 0.622. The highest BCUT2D eigenvalue weighted by Crippen LogP contribution is 2.22. The Labute approximate surface area is 120 Å². The van der Waals surface area contributed by atoms with Gasteiger partial charge in [0.05, 0.1) is 12.1 Å². The molecule has 0 atom stereocenters. The van der Waals surface area contributed by atoms with Crippen molar-refractivity contribution in [2.24, 2.45) is 0 Å². The Morgan fingerprint density at radius 2 is 2.20 bits per heavy atom. The lowest BCUT2D eigenvalue weighted by atomic mass is 10.1. The highest BCUT2D eigenvalue weighted by molar-refractivity contribution is 5.82. The lowest BCUT2D eigenvalue weighted by molar-refractivity contribution is 0.313. The fourth-order valence-corrected chi connectivity index (χ4v) is 2.09. The lowest BCUT2D eigenvalue weighted by Gasteiger charge is -2.11. The fourth-order valence-electron chi connectivity index (χ4n) is 2.09. The van der Waals surface area contributed by atoms with E-state index in [9.17, 15) is 0 Å². The topological polar surface area (TPSA) is 34.1 Å². The van der Waals surface area contributed by atoms with Crippen LogP contribution in [0, 0.1) is 0 Å². The average molecular weight is 270 g/mol. The van der Waals surface area contributed by atoms with Gasteiger partial charge >= 0.3 is 0 Å². The molecule has 0 radical (unpaired) electrons. The largest absolute Gasteiger partial charge is 0.477 e. The van der Waals surface area contributed by atoms with Crippen LogP contribution in [0.2, 0.25) is 0 Å². The number of pyridine rings is 1. The van der Waals surface area contributed by atoms with E-state index in [1.165, 1.54) is 10.9 Å². The van der Waals surface area contributed by atoms with Crippen LogP contribution in [-0.4, -0.2) is 18.1 Å². The number of rotatable bonds is 8. The smallest absolute Gasteiger partial charge is 0.214 e. The van der Waals surface area contributed by atoms with Crippen molar-refractivity contribution < 1.29 is 4.74 Å². The van der Waals surface area contributed by atoms with E-state index in [1.54, 1.807) is 0 Å². The Kier molecular flexibility index (Phi) is 5.56. The summed E-state index contributed by atoms with van der Waals surface area (Å²) in [6.07, 6.45) is 3.81. The summed E-state index contributed by atoms with van der Waals surface area (Å²) >= 11 is 0. The molecule has 0 saturated carbocycles. The maximum atomic E-state index is 5.69. The van der Waals surface area contributed by atoms with Crippen LogP contribution in [-0.2, 0) is 6.54 Å². The minimum Gasteiger partial charge on any atom is -0.477 e. The Balaban J connectivity index is 2.23. The van der Waals surface area contributed by atoms with Gasteiger partial charge in [-0.25, -0.2) is 4.98 Å². The van der Waals surface area contributed by atoms with E-state index in [0.29, 0.717) is 12.5 Å². The van der Waals surface area contributed by atoms with E-state index < -0.39 is 0 Å². The Morgan fingerprint density at radius 3 is 3.00 bits per heavy atom. The van der Waals surface area contributed by atoms with Crippen molar-refractivity contribution in [3.05, 3.63) is 48.6 Å². The summed E-state index contributed by atoms with van der Waals surface area (Å²) in [7, 11) is 0. The number of aromatic nitrogens is 1. The maximum absolute atomic E-state index is 5.69. The van der Waals surface area contributed by atoms with Crippen molar-refractivity contribution in [2.75, 3.05) is 13.2 Å². The second-order valence-corrected chi connectivity index (χ2v) is 4.74. The predicted molar refractivity (Wildman–Crippen MR) is 84.0 cm³/mol. The normalized spacial score (nSPS) is 10.7. The van der Waals surface area contributed by atoms with Gasteiger partial charge in [0, 0.05) is 18.0 Å². The fraction of sp³-hybridized carbons (Fsp3) is 0.353. The van der Waals surface area contributed by atoms with E-state index in [2.05, 4.69) is 29.9 Å². The van der Waals surface area contributed by atoms with E-state index in [0.717, 1.165) is 31.4 Å². The summed E-state index contributed by atoms with van der Waals surface area (Å²) in [6, 6.07) is 10.2. The second-order valence-electron chi connectivity index (χ2n) is 4.74. The van der Waals surface area contributed by atoms with Gasteiger partial charge in [0.2, 0.25) is 5.88 Å². The first kappa shape index (κ1) is 14.5. The molecule has 0 aliphatic heterocycles. The second kappa shape index (κ2) is 7.65. The summed E-state index contributed by atoms with van der Waals surface area (Å²) in [5.74, 6) is 0.693. The van der Waals surface area contributed by atoms with E-state index >= 15 is 0 Å². The van der Waals surface area contributed by atoms with Crippen molar-refractivity contribution in [3.63, 3.8) is 0 Å². The number of nitrogens with zero attached hydrogens (tertiary/aromatic N) is 1. The lowest BCUT2D eigenvalue weighted by Crippen LogP contribution is -2.14. The van der Waals surface area contributed by atoms with Gasteiger partial charge in [0.15, 0.2) is 0 Å². The zero-order valence-electron chi connectivity index (χ0n) is 12.1. The van der Waals surface area contributed by atoms with Crippen LogP contribution in [0.15, 0.2) is 43.0 Å². The van der Waals surface area contributed by atoms with Crippen molar-refractivity contribution in [2.45, 2.75) is 26.3 Å². The summed E-state index contributed by atoms with van der Waals surface area (Å²) in [5.41, 5.74) is 2.22. The Morgan fingerprint density at radius 1 is 1.35 bits per heavy atom. The van der Waals surface area contributed by atoms with E-state index in [4.69, 9.17) is 4.74 Å². The number of para-hydroxylation sites is 1. The molecule has 0 bridgehead atoms. The summed E-state index contributed by atoms with van der Waals surface area (Å²) in [6.45, 7) is 8.35. The van der Waals surface area contributed by atoms with E-state index in [-0.39, 0.29) is 0 Å². The SMILES string of the molecule is C=CCCOc1cc(CNCCC)c2ccccc2n1. The third-order valence-corrected chi connectivity index (χ3v) is 3.09. The van der Waals surface area contributed by atoms with Crippen LogP contribution >= 0.6 is 0 Å². The van der Waals surface area contributed by atoms with Crippen molar-refractivity contribution in [1.29, 1.82) is 0 Å². The molecule has 0 spiro atoms. The zero-order valence-corrected chi connectivity index (χ0v) is 12.1. The molecule has 0 fully saturated rings. The standard InChI is InChI=1S/C17H22N2O/c1-3-5-11-20-17-12-14(13-18-10-4-2)15-8-6-7-9-16(15)19-17/h3,6-9,12,18H,1,4-5,10-11,13H2,2H3. The molecule has 1 N–H and O–H groups in total. The molecule has 1 aromatic heterocycles. The number of hydrogen-bond acceptors (Lipinski definition) is 3. The number of benzene rings is 1. The van der Waals surface area contributed by atoms with Crippen LogP contribution in [0.3, 0.4) is 0 Å².